The average Bonchev–Trinajstić information content (AvgIpc) is 3.41. The molecule has 4 N–H and O–H groups in total. The molecule has 0 aromatic carbocycles. The second-order valence-corrected chi connectivity index (χ2v) is 10.8. The van der Waals surface area contributed by atoms with E-state index in [9.17, 15) is 14.0 Å². The van der Waals surface area contributed by atoms with Crippen molar-refractivity contribution in [3.8, 4) is 0 Å². The summed E-state index contributed by atoms with van der Waals surface area (Å²) in [4.78, 5) is 32.3. The van der Waals surface area contributed by atoms with E-state index in [-0.39, 0.29) is 46.3 Å². The van der Waals surface area contributed by atoms with Gasteiger partial charge in [-0.15, -0.1) is 5.10 Å². The van der Waals surface area contributed by atoms with Crippen molar-refractivity contribution in [2.45, 2.75) is 88.6 Å². The van der Waals surface area contributed by atoms with Crippen LogP contribution in [-0.2, 0) is 4.79 Å². The number of aromatic nitrogens is 3. The Kier molecular flexibility index (Phi) is 7.41. The van der Waals surface area contributed by atoms with Crippen LogP contribution in [-0.4, -0.2) is 62.5 Å². The van der Waals surface area contributed by atoms with Gasteiger partial charge < -0.3 is 21.3 Å². The lowest BCUT2D eigenvalue weighted by Crippen LogP contribution is -2.68. The summed E-state index contributed by atoms with van der Waals surface area (Å²) in [5.74, 6) is -0.528. The molecule has 196 valence electrons. The van der Waals surface area contributed by atoms with Gasteiger partial charge in [-0.1, -0.05) is 44.9 Å². The normalized spacial score (nSPS) is 25.4. The Morgan fingerprint density at radius 1 is 1.17 bits per heavy atom. The number of hydrogen-bond donors (Lipinski definition) is 3. The molecule has 0 bridgehead atoms. The van der Waals surface area contributed by atoms with Gasteiger partial charge in [0, 0.05) is 25.0 Å². The monoisotopic (exact) mass is 499 g/mol. The molecule has 2 unspecified atom stereocenters. The number of nitrogens with zero attached hydrogens (tertiary/aromatic N) is 4. The van der Waals surface area contributed by atoms with Crippen molar-refractivity contribution >= 4 is 23.3 Å². The summed E-state index contributed by atoms with van der Waals surface area (Å²) in [5, 5.41) is 11.3. The number of fused-ring (bicyclic) bond motifs is 1. The molecule has 10 heteroatoms. The number of likely N-dealkylation sites (tertiary alicyclic amines) is 1. The maximum Gasteiger partial charge on any atom is 0.259 e. The summed E-state index contributed by atoms with van der Waals surface area (Å²) in [6.07, 6.45) is 15.0. The van der Waals surface area contributed by atoms with Crippen molar-refractivity contribution in [1.29, 1.82) is 0 Å². The molecule has 2 aliphatic heterocycles. The Labute approximate surface area is 211 Å². The lowest BCUT2D eigenvalue weighted by Gasteiger charge is -2.50. The maximum absolute atomic E-state index is 13.8. The number of piperidine rings is 1. The molecule has 2 aromatic heterocycles. The Morgan fingerprint density at radius 2 is 1.89 bits per heavy atom. The molecule has 1 spiro atoms. The topological polar surface area (TPSA) is 118 Å². The van der Waals surface area contributed by atoms with Crippen LogP contribution in [0.1, 0.15) is 87.4 Å². The van der Waals surface area contributed by atoms with Gasteiger partial charge in [-0.25, -0.2) is 13.9 Å². The molecular weight excluding hydrogens is 461 g/mol. The number of halogens is 1. The van der Waals surface area contributed by atoms with Crippen molar-refractivity contribution in [3.63, 3.8) is 0 Å². The third-order valence-corrected chi connectivity index (χ3v) is 8.41. The van der Waals surface area contributed by atoms with Crippen molar-refractivity contribution in [2.75, 3.05) is 25.4 Å². The number of carbonyl (C=O) groups is 2. The van der Waals surface area contributed by atoms with Gasteiger partial charge in [0.2, 0.25) is 5.91 Å². The fourth-order valence-corrected chi connectivity index (χ4v) is 6.61. The number of hydrogen-bond acceptors (Lipinski definition) is 6. The van der Waals surface area contributed by atoms with Gasteiger partial charge in [0.15, 0.2) is 17.3 Å². The summed E-state index contributed by atoms with van der Waals surface area (Å²) in [6.45, 7) is 2.31. The number of amides is 2. The zero-order chi connectivity index (χ0) is 25.1. The second-order valence-electron chi connectivity index (χ2n) is 10.8. The van der Waals surface area contributed by atoms with Crippen LogP contribution in [0, 0.1) is 11.7 Å². The zero-order valence-electron chi connectivity index (χ0n) is 21.0. The van der Waals surface area contributed by atoms with Crippen LogP contribution >= 0.6 is 0 Å². The highest BCUT2D eigenvalue weighted by atomic mass is 19.1. The van der Waals surface area contributed by atoms with Crippen LogP contribution in [0.2, 0.25) is 0 Å². The Morgan fingerprint density at radius 3 is 2.58 bits per heavy atom. The predicted molar refractivity (Wildman–Crippen MR) is 135 cm³/mol. The van der Waals surface area contributed by atoms with Gasteiger partial charge >= 0.3 is 0 Å². The van der Waals surface area contributed by atoms with Crippen molar-refractivity contribution in [3.05, 3.63) is 23.8 Å². The van der Waals surface area contributed by atoms with Crippen LogP contribution in [0.5, 0.6) is 0 Å². The van der Waals surface area contributed by atoms with E-state index in [0.717, 1.165) is 57.8 Å². The zero-order valence-corrected chi connectivity index (χ0v) is 21.0. The molecule has 2 atom stereocenters. The molecule has 2 aromatic rings. The molecule has 36 heavy (non-hydrogen) atoms. The van der Waals surface area contributed by atoms with E-state index in [4.69, 9.17) is 5.73 Å². The van der Waals surface area contributed by atoms with E-state index in [1.807, 2.05) is 4.90 Å². The molecule has 3 aliphatic rings. The molecule has 1 saturated carbocycles. The summed E-state index contributed by atoms with van der Waals surface area (Å²) in [5.41, 5.74) is 6.29. The van der Waals surface area contributed by atoms with E-state index in [1.54, 1.807) is 0 Å². The predicted octanol–water partition coefficient (Wildman–Crippen LogP) is 3.04. The van der Waals surface area contributed by atoms with E-state index in [1.165, 1.54) is 42.8 Å². The van der Waals surface area contributed by atoms with Gasteiger partial charge in [0.05, 0.1) is 18.4 Å². The molecule has 5 rings (SSSR count). The molecule has 0 radical (unpaired) electrons. The van der Waals surface area contributed by atoms with Crippen LogP contribution in [0.3, 0.4) is 0 Å². The summed E-state index contributed by atoms with van der Waals surface area (Å²) in [6, 6.07) is -0.165. The minimum Gasteiger partial charge on any atom is -0.381 e. The van der Waals surface area contributed by atoms with Gasteiger partial charge in [-0.3, -0.25) is 9.59 Å². The third kappa shape index (κ3) is 5.05. The second kappa shape index (κ2) is 10.7. The van der Waals surface area contributed by atoms with E-state index < -0.39 is 5.82 Å². The van der Waals surface area contributed by atoms with Gasteiger partial charge in [-0.05, 0) is 38.1 Å². The van der Waals surface area contributed by atoms with Crippen LogP contribution in [0.25, 0.3) is 5.65 Å². The van der Waals surface area contributed by atoms with Crippen molar-refractivity contribution in [1.82, 2.24) is 30.1 Å². The molecule has 2 saturated heterocycles. The highest BCUT2D eigenvalue weighted by Gasteiger charge is 2.47. The van der Waals surface area contributed by atoms with Crippen molar-refractivity contribution < 1.29 is 14.0 Å². The SMILES string of the molecule is Nc1nn2cc(F)cnc2c1C(=O)NC1C(CN2CCCC2=O)CCNC12CCCCCCCCC2. The van der Waals surface area contributed by atoms with Gasteiger partial charge in [0.1, 0.15) is 5.56 Å². The minimum atomic E-state index is -0.552. The fraction of sp³-hybridized carbons (Fsp3) is 0.692. The Balaban J connectivity index is 1.47. The van der Waals surface area contributed by atoms with Crippen LogP contribution < -0.4 is 16.4 Å². The molecular formula is C26H38FN7O2. The smallest absolute Gasteiger partial charge is 0.259 e. The van der Waals surface area contributed by atoms with Crippen LogP contribution in [0.4, 0.5) is 10.2 Å². The number of nitrogens with one attached hydrogen (secondary N) is 2. The van der Waals surface area contributed by atoms with E-state index >= 15 is 0 Å². The quantitative estimate of drug-likeness (QED) is 0.595. The van der Waals surface area contributed by atoms with Crippen molar-refractivity contribution in [2.24, 2.45) is 5.92 Å². The molecule has 1 aliphatic carbocycles. The largest absolute Gasteiger partial charge is 0.381 e. The van der Waals surface area contributed by atoms with Gasteiger partial charge in [0.25, 0.3) is 5.91 Å². The van der Waals surface area contributed by atoms with Crippen LogP contribution in [0.15, 0.2) is 12.4 Å². The first kappa shape index (κ1) is 24.9. The first-order chi connectivity index (χ1) is 17.5. The average molecular weight is 500 g/mol. The molecule has 4 heterocycles. The highest BCUT2D eigenvalue weighted by Crippen LogP contribution is 2.36. The molecule has 2 amide bonds. The lowest BCUT2D eigenvalue weighted by atomic mass is 9.70. The standard InChI is InChI=1S/C26H38FN7O2/c27-19-15-29-24-21(23(28)32-34(24)17-19)25(36)31-22-18(16-33-14-8-9-20(33)35)10-13-30-26(22)11-6-4-2-1-3-5-7-12-26/h15,17-18,22,30H,1-14,16H2,(H2,28,32)(H,31,36). The molecule has 9 nitrogen and oxygen atoms in total. The summed E-state index contributed by atoms with van der Waals surface area (Å²) >= 11 is 0. The molecule has 3 fully saturated rings. The Hall–Kier alpha value is -2.75. The first-order valence-electron chi connectivity index (χ1n) is 13.6. The highest BCUT2D eigenvalue weighted by molar-refractivity contribution is 6.04. The fourth-order valence-electron chi connectivity index (χ4n) is 6.61. The number of nitrogen functional groups attached to an aromatic ring is 1. The van der Waals surface area contributed by atoms with E-state index in [0.29, 0.717) is 13.0 Å². The summed E-state index contributed by atoms with van der Waals surface area (Å²) < 4.78 is 14.9. The third-order valence-electron chi connectivity index (χ3n) is 8.41. The summed E-state index contributed by atoms with van der Waals surface area (Å²) in [7, 11) is 0. The number of rotatable bonds is 4. The number of anilines is 1. The first-order valence-corrected chi connectivity index (χ1v) is 13.6. The van der Waals surface area contributed by atoms with E-state index in [2.05, 4.69) is 20.7 Å². The number of nitrogens with two attached hydrogens (primary N) is 1. The Bertz CT molecular complexity index is 1090. The number of carbonyl (C=O) groups excluding carboxylic acids is 2. The minimum absolute atomic E-state index is 0.0284. The lowest BCUT2D eigenvalue weighted by molar-refractivity contribution is -0.128. The maximum atomic E-state index is 13.8. The van der Waals surface area contributed by atoms with Gasteiger partial charge in [-0.2, -0.15) is 0 Å².